The maximum absolute atomic E-state index is 13.8. The summed E-state index contributed by atoms with van der Waals surface area (Å²) in [5, 5.41) is 11.3. The number of halogens is 1. The maximum atomic E-state index is 13.8. The van der Waals surface area contributed by atoms with E-state index in [9.17, 15) is 14.0 Å². The maximum Gasteiger partial charge on any atom is 0.335 e. The molecule has 0 aliphatic heterocycles. The van der Waals surface area contributed by atoms with Crippen LogP contribution in [-0.4, -0.2) is 35.1 Å². The van der Waals surface area contributed by atoms with Gasteiger partial charge in [0.15, 0.2) is 0 Å². The average Bonchev–Trinajstić information content (AvgIpc) is 3.24. The molecule has 1 fully saturated rings. The van der Waals surface area contributed by atoms with Gasteiger partial charge < -0.3 is 15.3 Å². The van der Waals surface area contributed by atoms with E-state index in [1.54, 1.807) is 4.90 Å². The largest absolute Gasteiger partial charge is 0.478 e. The highest BCUT2D eigenvalue weighted by atomic mass is 19.1. The van der Waals surface area contributed by atoms with Gasteiger partial charge in [0.1, 0.15) is 5.82 Å². The second kappa shape index (κ2) is 6.56. The van der Waals surface area contributed by atoms with Crippen molar-refractivity contribution in [2.24, 2.45) is 5.92 Å². The minimum Gasteiger partial charge on any atom is -0.478 e. The molecule has 1 aliphatic rings. The monoisotopic (exact) mass is 294 g/mol. The van der Waals surface area contributed by atoms with E-state index < -0.39 is 11.8 Å². The molecule has 1 aliphatic carbocycles. The Hall–Kier alpha value is -2.11. The predicted molar refractivity (Wildman–Crippen MR) is 77.0 cm³/mol. The number of amides is 2. The Kier molecular flexibility index (Phi) is 4.77. The quantitative estimate of drug-likeness (QED) is 0.846. The lowest BCUT2D eigenvalue weighted by atomic mass is 10.2. The molecule has 6 heteroatoms. The normalized spacial score (nSPS) is 13.8. The Morgan fingerprint density at radius 2 is 2.14 bits per heavy atom. The number of urea groups is 1. The van der Waals surface area contributed by atoms with Crippen molar-refractivity contribution in [3.8, 4) is 0 Å². The molecule has 114 valence electrons. The fraction of sp³-hybridized carbons (Fsp3) is 0.467. The van der Waals surface area contributed by atoms with Crippen LogP contribution in [0.5, 0.6) is 0 Å². The van der Waals surface area contributed by atoms with Crippen LogP contribution in [0.2, 0.25) is 0 Å². The molecule has 0 atom stereocenters. The number of nitrogens with one attached hydrogen (secondary N) is 1. The molecule has 0 radical (unpaired) electrons. The third-order valence-electron chi connectivity index (χ3n) is 3.41. The molecule has 2 N–H and O–H groups in total. The van der Waals surface area contributed by atoms with Crippen molar-refractivity contribution in [2.45, 2.75) is 26.2 Å². The van der Waals surface area contributed by atoms with Crippen molar-refractivity contribution in [3.63, 3.8) is 0 Å². The van der Waals surface area contributed by atoms with E-state index >= 15 is 0 Å². The molecule has 1 aromatic rings. The number of carbonyl (C=O) groups is 2. The van der Waals surface area contributed by atoms with E-state index in [1.165, 1.54) is 12.1 Å². The number of anilines is 1. The smallest absolute Gasteiger partial charge is 0.335 e. The van der Waals surface area contributed by atoms with E-state index in [1.807, 2.05) is 6.92 Å². The van der Waals surface area contributed by atoms with E-state index in [2.05, 4.69) is 5.32 Å². The van der Waals surface area contributed by atoms with Gasteiger partial charge in [-0.15, -0.1) is 0 Å². The minimum absolute atomic E-state index is 0.00176. The number of carboxylic acid groups (broad SMARTS) is 1. The van der Waals surface area contributed by atoms with Crippen molar-refractivity contribution >= 4 is 17.7 Å². The van der Waals surface area contributed by atoms with Gasteiger partial charge in [-0.2, -0.15) is 0 Å². The molecule has 2 rings (SSSR count). The first kappa shape index (κ1) is 15.3. The van der Waals surface area contributed by atoms with Crippen molar-refractivity contribution in [1.29, 1.82) is 0 Å². The highest BCUT2D eigenvalue weighted by Gasteiger charge is 2.26. The second-order valence-electron chi connectivity index (χ2n) is 5.32. The van der Waals surface area contributed by atoms with Gasteiger partial charge in [0.25, 0.3) is 0 Å². The molecule has 0 unspecified atom stereocenters. The molecule has 0 bridgehead atoms. The minimum atomic E-state index is -1.20. The fourth-order valence-corrected chi connectivity index (χ4v) is 2.10. The number of hydrogen-bond acceptors (Lipinski definition) is 2. The van der Waals surface area contributed by atoms with Crippen molar-refractivity contribution in [3.05, 3.63) is 29.6 Å². The first-order valence-corrected chi connectivity index (χ1v) is 7.10. The lowest BCUT2D eigenvalue weighted by Gasteiger charge is -2.22. The fourth-order valence-electron chi connectivity index (χ4n) is 2.10. The van der Waals surface area contributed by atoms with Gasteiger partial charge in [0.05, 0.1) is 11.3 Å². The third kappa shape index (κ3) is 4.18. The van der Waals surface area contributed by atoms with E-state index in [0.29, 0.717) is 19.0 Å². The third-order valence-corrected chi connectivity index (χ3v) is 3.41. The summed E-state index contributed by atoms with van der Waals surface area (Å²) in [5.41, 5.74) is -0.143. The summed E-state index contributed by atoms with van der Waals surface area (Å²) in [7, 11) is 0. The summed E-state index contributed by atoms with van der Waals surface area (Å²) in [6.45, 7) is 3.29. The SMILES string of the molecule is CCCN(CC1CC1)C(=O)Nc1ccc(C(=O)O)cc1F. The van der Waals surface area contributed by atoms with Crippen LogP contribution in [0.1, 0.15) is 36.5 Å². The summed E-state index contributed by atoms with van der Waals surface area (Å²) >= 11 is 0. The molecule has 1 aromatic carbocycles. The predicted octanol–water partition coefficient (Wildman–Crippen LogP) is 3.18. The van der Waals surface area contributed by atoms with E-state index in [0.717, 1.165) is 25.3 Å². The summed E-state index contributed by atoms with van der Waals surface area (Å²) in [4.78, 5) is 24.6. The summed E-state index contributed by atoms with van der Waals surface area (Å²) < 4.78 is 13.8. The lowest BCUT2D eigenvalue weighted by molar-refractivity contribution is 0.0696. The molecule has 0 spiro atoms. The van der Waals surface area contributed by atoms with Crippen LogP contribution in [0.15, 0.2) is 18.2 Å². The molecular weight excluding hydrogens is 275 g/mol. The van der Waals surface area contributed by atoms with E-state index in [-0.39, 0.29) is 17.3 Å². The molecule has 21 heavy (non-hydrogen) atoms. The highest BCUT2D eigenvalue weighted by Crippen LogP contribution is 2.30. The standard InChI is InChI=1S/C15H19FN2O3/c1-2-7-18(9-10-3-4-10)15(21)17-13-6-5-11(14(19)20)8-12(13)16/h5-6,8,10H,2-4,7,9H2,1H3,(H,17,21)(H,19,20). The molecule has 0 saturated heterocycles. The van der Waals surface area contributed by atoms with Gasteiger partial charge in [0.2, 0.25) is 0 Å². The van der Waals surface area contributed by atoms with Crippen LogP contribution >= 0.6 is 0 Å². The summed E-state index contributed by atoms with van der Waals surface area (Å²) in [6, 6.07) is 3.11. The van der Waals surface area contributed by atoms with Gasteiger partial charge in [-0.05, 0) is 43.4 Å². The van der Waals surface area contributed by atoms with Crippen molar-refractivity contribution in [2.75, 3.05) is 18.4 Å². The average molecular weight is 294 g/mol. The first-order chi connectivity index (χ1) is 10.0. The summed E-state index contributed by atoms with van der Waals surface area (Å²) in [5.74, 6) is -1.39. The molecule has 0 heterocycles. The zero-order valence-corrected chi connectivity index (χ0v) is 11.9. The Bertz CT molecular complexity index is 544. The molecular formula is C15H19FN2O3. The number of benzene rings is 1. The van der Waals surface area contributed by atoms with Gasteiger partial charge in [0, 0.05) is 13.1 Å². The van der Waals surface area contributed by atoms with Crippen LogP contribution in [-0.2, 0) is 0 Å². The van der Waals surface area contributed by atoms with Gasteiger partial charge in [-0.25, -0.2) is 14.0 Å². The number of hydrogen-bond donors (Lipinski definition) is 2. The van der Waals surface area contributed by atoms with Crippen LogP contribution in [0.4, 0.5) is 14.9 Å². The van der Waals surface area contributed by atoms with E-state index in [4.69, 9.17) is 5.11 Å². The van der Waals surface area contributed by atoms with Gasteiger partial charge in [-0.1, -0.05) is 6.92 Å². The molecule has 2 amide bonds. The number of aromatic carboxylic acids is 1. The van der Waals surface area contributed by atoms with Gasteiger partial charge >= 0.3 is 12.0 Å². The van der Waals surface area contributed by atoms with Crippen LogP contribution < -0.4 is 5.32 Å². The number of carboxylic acids is 1. The van der Waals surface area contributed by atoms with Crippen molar-refractivity contribution < 1.29 is 19.1 Å². The van der Waals surface area contributed by atoms with Crippen LogP contribution in [0.3, 0.4) is 0 Å². The van der Waals surface area contributed by atoms with Crippen LogP contribution in [0, 0.1) is 11.7 Å². The summed E-state index contributed by atoms with van der Waals surface area (Å²) in [6.07, 6.45) is 3.10. The van der Waals surface area contributed by atoms with Gasteiger partial charge in [-0.3, -0.25) is 0 Å². The molecule has 5 nitrogen and oxygen atoms in total. The first-order valence-electron chi connectivity index (χ1n) is 7.10. The molecule has 1 saturated carbocycles. The Labute approximate surface area is 122 Å². The highest BCUT2D eigenvalue weighted by molar-refractivity contribution is 5.91. The number of nitrogens with zero attached hydrogens (tertiary/aromatic N) is 1. The lowest BCUT2D eigenvalue weighted by Crippen LogP contribution is -2.37. The second-order valence-corrected chi connectivity index (χ2v) is 5.32. The Morgan fingerprint density at radius 3 is 2.67 bits per heavy atom. The van der Waals surface area contributed by atoms with Crippen molar-refractivity contribution in [1.82, 2.24) is 4.90 Å². The Balaban J connectivity index is 2.04. The van der Waals surface area contributed by atoms with Crippen LogP contribution in [0.25, 0.3) is 0 Å². The number of carbonyl (C=O) groups excluding carboxylic acids is 1. The Morgan fingerprint density at radius 1 is 1.43 bits per heavy atom. The molecule has 0 aromatic heterocycles. The number of rotatable bonds is 6. The zero-order chi connectivity index (χ0) is 15.4. The zero-order valence-electron chi connectivity index (χ0n) is 11.9. The topological polar surface area (TPSA) is 69.6 Å².